The lowest BCUT2D eigenvalue weighted by atomic mass is 10.1. The Morgan fingerprint density at radius 3 is 2.88 bits per heavy atom. The minimum absolute atomic E-state index is 0.177. The number of aromatic nitrogens is 2. The molecule has 1 heterocycles. The van der Waals surface area contributed by atoms with E-state index in [2.05, 4.69) is 15.3 Å². The van der Waals surface area contributed by atoms with Crippen LogP contribution in [0.4, 0.5) is 5.95 Å². The highest BCUT2D eigenvalue weighted by Gasteiger charge is 2.08. The summed E-state index contributed by atoms with van der Waals surface area (Å²) in [6.45, 7) is 0. The molecule has 0 unspecified atom stereocenters. The molecule has 0 spiro atoms. The number of benzene rings is 1. The average molecular weight is 270 g/mol. The number of H-pyrrole nitrogens is 1. The SMILES string of the molecule is O=C(Cc1ccc(Cl)cc1Cl)Nc1ncc[nH]1. The minimum atomic E-state index is -0.191. The van der Waals surface area contributed by atoms with Crippen molar-refractivity contribution >= 4 is 35.1 Å². The molecule has 2 N–H and O–H groups in total. The molecule has 0 bridgehead atoms. The van der Waals surface area contributed by atoms with Crippen LogP contribution in [0.2, 0.25) is 10.0 Å². The second kappa shape index (κ2) is 5.21. The number of amides is 1. The first-order valence-corrected chi connectivity index (χ1v) is 5.64. The molecule has 88 valence electrons. The molecule has 17 heavy (non-hydrogen) atoms. The molecule has 0 atom stereocenters. The maximum atomic E-state index is 11.7. The normalized spacial score (nSPS) is 10.2. The Bertz CT molecular complexity index is 526. The highest BCUT2D eigenvalue weighted by Crippen LogP contribution is 2.21. The van der Waals surface area contributed by atoms with Crippen molar-refractivity contribution in [1.82, 2.24) is 9.97 Å². The van der Waals surface area contributed by atoms with Crippen LogP contribution in [0.15, 0.2) is 30.6 Å². The van der Waals surface area contributed by atoms with E-state index in [0.29, 0.717) is 16.0 Å². The van der Waals surface area contributed by atoms with Crippen molar-refractivity contribution in [1.29, 1.82) is 0 Å². The van der Waals surface area contributed by atoms with Gasteiger partial charge in [0.05, 0.1) is 6.42 Å². The van der Waals surface area contributed by atoms with E-state index in [1.807, 2.05) is 0 Å². The summed E-state index contributed by atoms with van der Waals surface area (Å²) in [5, 5.41) is 3.64. The van der Waals surface area contributed by atoms with Gasteiger partial charge in [-0.1, -0.05) is 29.3 Å². The minimum Gasteiger partial charge on any atom is -0.331 e. The largest absolute Gasteiger partial charge is 0.331 e. The maximum Gasteiger partial charge on any atom is 0.231 e. The van der Waals surface area contributed by atoms with Gasteiger partial charge in [0.15, 0.2) is 0 Å². The number of carbonyl (C=O) groups is 1. The van der Waals surface area contributed by atoms with Crippen molar-refractivity contribution in [3.05, 3.63) is 46.2 Å². The number of rotatable bonds is 3. The van der Waals surface area contributed by atoms with Crippen molar-refractivity contribution in [3.8, 4) is 0 Å². The molecule has 0 saturated heterocycles. The number of carbonyl (C=O) groups excluding carboxylic acids is 1. The Labute approximate surface area is 108 Å². The molecule has 2 rings (SSSR count). The molecule has 0 saturated carbocycles. The molecule has 0 aliphatic rings. The molecule has 2 aromatic rings. The molecule has 1 aromatic carbocycles. The van der Waals surface area contributed by atoms with Gasteiger partial charge in [-0.25, -0.2) is 4.98 Å². The third-order valence-electron chi connectivity index (χ3n) is 2.12. The summed E-state index contributed by atoms with van der Waals surface area (Å²) in [4.78, 5) is 18.3. The summed E-state index contributed by atoms with van der Waals surface area (Å²) < 4.78 is 0. The van der Waals surface area contributed by atoms with Gasteiger partial charge in [0.1, 0.15) is 0 Å². The van der Waals surface area contributed by atoms with E-state index >= 15 is 0 Å². The summed E-state index contributed by atoms with van der Waals surface area (Å²) in [5.74, 6) is 0.226. The number of hydrogen-bond acceptors (Lipinski definition) is 2. The van der Waals surface area contributed by atoms with Crippen LogP contribution in [-0.2, 0) is 11.2 Å². The Balaban J connectivity index is 2.03. The maximum absolute atomic E-state index is 11.7. The number of aromatic amines is 1. The second-order valence-electron chi connectivity index (χ2n) is 3.40. The Hall–Kier alpha value is -1.52. The van der Waals surface area contributed by atoms with Crippen LogP contribution in [-0.4, -0.2) is 15.9 Å². The number of imidazole rings is 1. The first-order valence-electron chi connectivity index (χ1n) is 4.88. The van der Waals surface area contributed by atoms with Gasteiger partial charge in [0.2, 0.25) is 11.9 Å². The van der Waals surface area contributed by atoms with E-state index in [1.165, 1.54) is 0 Å². The lowest BCUT2D eigenvalue weighted by Gasteiger charge is -2.04. The molecule has 0 aliphatic heterocycles. The highest BCUT2D eigenvalue weighted by molar-refractivity contribution is 6.35. The predicted molar refractivity (Wildman–Crippen MR) is 67.4 cm³/mol. The summed E-state index contributed by atoms with van der Waals surface area (Å²) in [7, 11) is 0. The summed E-state index contributed by atoms with van der Waals surface area (Å²) >= 11 is 11.7. The monoisotopic (exact) mass is 269 g/mol. The Morgan fingerprint density at radius 1 is 1.41 bits per heavy atom. The fraction of sp³-hybridized carbons (Fsp3) is 0.0909. The zero-order chi connectivity index (χ0) is 12.3. The van der Waals surface area contributed by atoms with Crippen LogP contribution in [0, 0.1) is 0 Å². The van der Waals surface area contributed by atoms with Crippen LogP contribution < -0.4 is 5.32 Å². The van der Waals surface area contributed by atoms with Gasteiger partial charge in [-0.3, -0.25) is 10.1 Å². The first kappa shape index (κ1) is 12.0. The molecule has 0 fully saturated rings. The van der Waals surface area contributed by atoms with Crippen LogP contribution in [0.25, 0.3) is 0 Å². The number of nitrogens with one attached hydrogen (secondary N) is 2. The molecular weight excluding hydrogens is 261 g/mol. The van der Waals surface area contributed by atoms with E-state index in [1.54, 1.807) is 30.6 Å². The number of halogens is 2. The fourth-order valence-electron chi connectivity index (χ4n) is 1.35. The van der Waals surface area contributed by atoms with Gasteiger partial charge in [0, 0.05) is 22.4 Å². The standard InChI is InChI=1S/C11H9Cl2N3O/c12-8-2-1-7(9(13)6-8)5-10(17)16-11-14-3-4-15-11/h1-4,6H,5H2,(H2,14,15,16,17). The Kier molecular flexibility index (Phi) is 3.66. The average Bonchev–Trinajstić information content (AvgIpc) is 2.75. The zero-order valence-corrected chi connectivity index (χ0v) is 10.2. The highest BCUT2D eigenvalue weighted by atomic mass is 35.5. The van der Waals surface area contributed by atoms with E-state index in [4.69, 9.17) is 23.2 Å². The van der Waals surface area contributed by atoms with E-state index in [0.717, 1.165) is 5.56 Å². The number of hydrogen-bond donors (Lipinski definition) is 2. The zero-order valence-electron chi connectivity index (χ0n) is 8.71. The number of nitrogens with zero attached hydrogens (tertiary/aromatic N) is 1. The van der Waals surface area contributed by atoms with Gasteiger partial charge < -0.3 is 4.98 Å². The first-order chi connectivity index (χ1) is 8.15. The molecule has 0 aliphatic carbocycles. The summed E-state index contributed by atoms with van der Waals surface area (Å²) in [6, 6.07) is 5.04. The molecule has 0 radical (unpaired) electrons. The van der Waals surface area contributed by atoms with Crippen LogP contribution in [0.3, 0.4) is 0 Å². The molecule has 6 heteroatoms. The van der Waals surface area contributed by atoms with E-state index in [9.17, 15) is 4.79 Å². The third-order valence-corrected chi connectivity index (χ3v) is 2.71. The predicted octanol–water partition coefficient (Wildman–Crippen LogP) is 2.90. The molecular formula is C11H9Cl2N3O. The smallest absolute Gasteiger partial charge is 0.231 e. The fourth-order valence-corrected chi connectivity index (χ4v) is 1.82. The summed E-state index contributed by atoms with van der Waals surface area (Å²) in [5.41, 5.74) is 0.722. The second-order valence-corrected chi connectivity index (χ2v) is 4.24. The van der Waals surface area contributed by atoms with Crippen molar-refractivity contribution < 1.29 is 4.79 Å². The van der Waals surface area contributed by atoms with Gasteiger partial charge in [-0.15, -0.1) is 0 Å². The summed E-state index contributed by atoms with van der Waals surface area (Å²) in [6.07, 6.45) is 3.37. The van der Waals surface area contributed by atoms with Crippen molar-refractivity contribution in [2.45, 2.75) is 6.42 Å². The molecule has 1 aromatic heterocycles. The quantitative estimate of drug-likeness (QED) is 0.900. The number of anilines is 1. The van der Waals surface area contributed by atoms with Crippen LogP contribution in [0.1, 0.15) is 5.56 Å². The van der Waals surface area contributed by atoms with Gasteiger partial charge in [-0.2, -0.15) is 0 Å². The van der Waals surface area contributed by atoms with Crippen LogP contribution in [0.5, 0.6) is 0 Å². The van der Waals surface area contributed by atoms with Gasteiger partial charge >= 0.3 is 0 Å². The van der Waals surface area contributed by atoms with Crippen molar-refractivity contribution in [3.63, 3.8) is 0 Å². The lowest BCUT2D eigenvalue weighted by Crippen LogP contribution is -2.15. The van der Waals surface area contributed by atoms with E-state index in [-0.39, 0.29) is 12.3 Å². The van der Waals surface area contributed by atoms with E-state index < -0.39 is 0 Å². The molecule has 1 amide bonds. The molecule has 4 nitrogen and oxygen atoms in total. The lowest BCUT2D eigenvalue weighted by molar-refractivity contribution is -0.115. The van der Waals surface area contributed by atoms with Crippen molar-refractivity contribution in [2.24, 2.45) is 0 Å². The van der Waals surface area contributed by atoms with Gasteiger partial charge in [-0.05, 0) is 17.7 Å². The van der Waals surface area contributed by atoms with Crippen molar-refractivity contribution in [2.75, 3.05) is 5.32 Å². The van der Waals surface area contributed by atoms with Gasteiger partial charge in [0.25, 0.3) is 0 Å². The third kappa shape index (κ3) is 3.22. The Morgan fingerprint density at radius 2 is 2.24 bits per heavy atom. The topological polar surface area (TPSA) is 57.8 Å². The van der Waals surface area contributed by atoms with Crippen LogP contribution >= 0.6 is 23.2 Å².